The molecule has 1 aromatic carbocycles. The number of carbonyl (C=O) groups is 1. The van der Waals surface area contributed by atoms with Crippen LogP contribution in [0.2, 0.25) is 0 Å². The highest BCUT2D eigenvalue weighted by molar-refractivity contribution is 6.03. The van der Waals surface area contributed by atoms with E-state index in [0.29, 0.717) is 17.3 Å². The van der Waals surface area contributed by atoms with Crippen LogP contribution in [0.5, 0.6) is 0 Å². The molecule has 3 aromatic heterocycles. The molecule has 0 aliphatic carbocycles. The van der Waals surface area contributed by atoms with Crippen LogP contribution < -0.4 is 5.32 Å². The summed E-state index contributed by atoms with van der Waals surface area (Å²) >= 11 is 0. The highest BCUT2D eigenvalue weighted by Crippen LogP contribution is 2.29. The quantitative estimate of drug-likeness (QED) is 0.404. The number of hydrogen-bond donors (Lipinski definition) is 1. The molecule has 7 nitrogen and oxygen atoms in total. The topological polar surface area (TPSA) is 81.9 Å². The highest BCUT2D eigenvalue weighted by atomic mass is 19.4. The van der Waals surface area contributed by atoms with E-state index in [-0.39, 0.29) is 5.69 Å². The first-order chi connectivity index (χ1) is 17.3. The number of rotatable bonds is 6. The number of benzene rings is 1. The van der Waals surface area contributed by atoms with Gasteiger partial charge >= 0.3 is 6.18 Å². The number of aryl methyl sites for hydroxylation is 1. The van der Waals surface area contributed by atoms with Gasteiger partial charge in [0.15, 0.2) is 0 Å². The number of amides is 1. The first kappa shape index (κ1) is 23.7. The summed E-state index contributed by atoms with van der Waals surface area (Å²) < 4.78 is 45.9. The summed E-state index contributed by atoms with van der Waals surface area (Å²) in [6.07, 6.45) is 3.51. The predicted octanol–water partition coefficient (Wildman–Crippen LogP) is 5.10. The molecule has 0 saturated carbocycles. The van der Waals surface area contributed by atoms with Crippen LogP contribution in [0.15, 0.2) is 67.3 Å². The van der Waals surface area contributed by atoms with Crippen molar-refractivity contribution in [2.45, 2.75) is 19.5 Å². The Labute approximate surface area is 205 Å². The maximum atomic E-state index is 13.0. The van der Waals surface area contributed by atoms with Gasteiger partial charge in [-0.2, -0.15) is 18.3 Å². The molecule has 1 N–H and O–H groups in total. The molecule has 184 valence electrons. The van der Waals surface area contributed by atoms with Gasteiger partial charge in [-0.15, -0.1) is 0 Å². The first-order valence-corrected chi connectivity index (χ1v) is 11.3. The Morgan fingerprint density at radius 2 is 2.00 bits per heavy atom. The van der Waals surface area contributed by atoms with Crippen LogP contribution in [-0.2, 0) is 17.3 Å². The normalized spacial score (nSPS) is 13.9. The molecule has 0 bridgehead atoms. The minimum atomic E-state index is -4.63. The van der Waals surface area contributed by atoms with Gasteiger partial charge in [0.2, 0.25) is 0 Å². The van der Waals surface area contributed by atoms with Crippen LogP contribution >= 0.6 is 0 Å². The minimum absolute atomic E-state index is 0.325. The summed E-state index contributed by atoms with van der Waals surface area (Å²) in [4.78, 5) is 20.3. The van der Waals surface area contributed by atoms with Gasteiger partial charge in [-0.1, -0.05) is 12.1 Å². The van der Waals surface area contributed by atoms with Crippen LogP contribution in [0.25, 0.3) is 16.8 Å². The molecule has 1 amide bonds. The number of aromatic nitrogens is 4. The zero-order chi connectivity index (χ0) is 25.3. The molecule has 5 rings (SSSR count). The van der Waals surface area contributed by atoms with Crippen molar-refractivity contribution in [1.29, 1.82) is 0 Å². The number of halogens is 3. The molecule has 0 unspecified atom stereocenters. The van der Waals surface area contributed by atoms with Crippen molar-refractivity contribution in [2.24, 2.45) is 5.92 Å². The Bertz CT molecular complexity index is 1410. The van der Waals surface area contributed by atoms with E-state index in [9.17, 15) is 18.0 Å². The summed E-state index contributed by atoms with van der Waals surface area (Å²) in [6.45, 7) is 3.42. The lowest BCUT2D eigenvalue weighted by Gasteiger charge is -2.26. The second-order valence-electron chi connectivity index (χ2n) is 8.68. The lowest BCUT2D eigenvalue weighted by atomic mass is 9.94. The molecular weight excluding hydrogens is 471 g/mol. The number of anilines is 1. The lowest BCUT2D eigenvalue weighted by Crippen LogP contribution is -2.29. The standard InChI is InChI=1S/C26H22F3N5O2/c1-16-5-6-20(32-25(35)22-3-2-4-24(33-22)26(27,28)29)10-23(16)34-13-19(11-31-34)21-12-30-8-7-18(21)9-17-14-36-15-17/h2-8,10-13,17H,9,14-15H2,1H3,(H,32,35). The van der Waals surface area contributed by atoms with Gasteiger partial charge in [0.25, 0.3) is 5.91 Å². The summed E-state index contributed by atoms with van der Waals surface area (Å²) in [5.74, 6) is -0.243. The lowest BCUT2D eigenvalue weighted by molar-refractivity contribution is -0.141. The Kier molecular flexibility index (Phi) is 6.27. The van der Waals surface area contributed by atoms with E-state index in [1.807, 2.05) is 25.4 Å². The fourth-order valence-electron chi connectivity index (χ4n) is 4.02. The third-order valence-corrected chi connectivity index (χ3v) is 6.01. The van der Waals surface area contributed by atoms with Gasteiger partial charge in [0.05, 0.1) is 25.1 Å². The molecule has 0 spiro atoms. The third-order valence-electron chi connectivity index (χ3n) is 6.01. The molecule has 1 aliphatic rings. The van der Waals surface area contributed by atoms with Crippen molar-refractivity contribution in [1.82, 2.24) is 19.7 Å². The van der Waals surface area contributed by atoms with Gasteiger partial charge in [0.1, 0.15) is 11.4 Å². The summed E-state index contributed by atoms with van der Waals surface area (Å²) in [6, 6.07) is 10.4. The van der Waals surface area contributed by atoms with E-state index in [0.717, 1.165) is 48.5 Å². The van der Waals surface area contributed by atoms with Gasteiger partial charge in [-0.05, 0) is 54.8 Å². The second kappa shape index (κ2) is 9.54. The van der Waals surface area contributed by atoms with Crippen LogP contribution in [0.1, 0.15) is 27.3 Å². The molecule has 0 radical (unpaired) electrons. The molecule has 4 aromatic rings. The van der Waals surface area contributed by atoms with E-state index in [2.05, 4.69) is 20.4 Å². The Balaban J connectivity index is 1.38. The molecule has 1 saturated heterocycles. The summed E-state index contributed by atoms with van der Waals surface area (Å²) in [5.41, 5.74) is 3.64. The number of pyridine rings is 2. The van der Waals surface area contributed by atoms with Gasteiger partial charge < -0.3 is 10.1 Å². The molecule has 36 heavy (non-hydrogen) atoms. The summed E-state index contributed by atoms with van der Waals surface area (Å²) in [7, 11) is 0. The van der Waals surface area contributed by atoms with Crippen molar-refractivity contribution in [2.75, 3.05) is 18.5 Å². The van der Waals surface area contributed by atoms with Gasteiger partial charge in [-0.3, -0.25) is 9.78 Å². The van der Waals surface area contributed by atoms with Crippen LogP contribution in [0, 0.1) is 12.8 Å². The Morgan fingerprint density at radius 3 is 2.75 bits per heavy atom. The average Bonchev–Trinajstić information content (AvgIpc) is 3.32. The number of nitrogens with one attached hydrogen (secondary N) is 1. The van der Waals surface area contributed by atoms with E-state index in [4.69, 9.17) is 4.74 Å². The molecule has 10 heteroatoms. The van der Waals surface area contributed by atoms with E-state index in [1.54, 1.807) is 35.3 Å². The monoisotopic (exact) mass is 493 g/mol. The van der Waals surface area contributed by atoms with Crippen molar-refractivity contribution in [3.8, 4) is 16.8 Å². The minimum Gasteiger partial charge on any atom is -0.381 e. The molecule has 1 aliphatic heterocycles. The maximum absolute atomic E-state index is 13.0. The largest absolute Gasteiger partial charge is 0.433 e. The van der Waals surface area contributed by atoms with E-state index < -0.39 is 17.8 Å². The van der Waals surface area contributed by atoms with E-state index in [1.165, 1.54) is 11.6 Å². The smallest absolute Gasteiger partial charge is 0.381 e. The van der Waals surface area contributed by atoms with Crippen molar-refractivity contribution >= 4 is 11.6 Å². The van der Waals surface area contributed by atoms with Crippen molar-refractivity contribution in [3.05, 3.63) is 89.8 Å². The highest BCUT2D eigenvalue weighted by Gasteiger charge is 2.33. The van der Waals surface area contributed by atoms with Crippen molar-refractivity contribution in [3.63, 3.8) is 0 Å². The zero-order valence-corrected chi connectivity index (χ0v) is 19.3. The fraction of sp³-hybridized carbons (Fsp3) is 0.231. The van der Waals surface area contributed by atoms with Gasteiger partial charge in [-0.25, -0.2) is 9.67 Å². The number of alkyl halides is 3. The molecule has 0 atom stereocenters. The molecule has 4 heterocycles. The van der Waals surface area contributed by atoms with Gasteiger partial charge in [0, 0.05) is 41.3 Å². The van der Waals surface area contributed by atoms with Crippen LogP contribution in [0.3, 0.4) is 0 Å². The number of ether oxygens (including phenoxy) is 1. The number of nitrogens with zero attached hydrogens (tertiary/aromatic N) is 4. The average molecular weight is 493 g/mol. The molecular formula is C26H22F3N5O2. The zero-order valence-electron chi connectivity index (χ0n) is 19.3. The SMILES string of the molecule is Cc1ccc(NC(=O)c2cccc(C(F)(F)F)n2)cc1-n1cc(-c2cnccc2CC2COC2)cn1. The van der Waals surface area contributed by atoms with Crippen molar-refractivity contribution < 1.29 is 22.7 Å². The van der Waals surface area contributed by atoms with E-state index >= 15 is 0 Å². The fourth-order valence-corrected chi connectivity index (χ4v) is 4.02. The number of carbonyl (C=O) groups excluding carboxylic acids is 1. The Hall–Kier alpha value is -4.05. The second-order valence-corrected chi connectivity index (χ2v) is 8.68. The predicted molar refractivity (Wildman–Crippen MR) is 127 cm³/mol. The summed E-state index contributed by atoms with van der Waals surface area (Å²) in [5, 5.41) is 7.13. The number of hydrogen-bond acceptors (Lipinski definition) is 5. The Morgan fingerprint density at radius 1 is 1.17 bits per heavy atom. The maximum Gasteiger partial charge on any atom is 0.433 e. The van der Waals surface area contributed by atoms with Crippen LogP contribution in [0.4, 0.5) is 18.9 Å². The van der Waals surface area contributed by atoms with Crippen LogP contribution in [-0.4, -0.2) is 38.9 Å². The third kappa shape index (κ3) is 4.99. The first-order valence-electron chi connectivity index (χ1n) is 11.3. The molecule has 1 fully saturated rings.